The molecule has 0 N–H and O–H groups in total. The molecule has 0 bridgehead atoms. The van der Waals surface area contributed by atoms with Gasteiger partial charge in [0, 0.05) is 17.9 Å². The Kier molecular flexibility index (Phi) is 2.30. The minimum Gasteiger partial charge on any atom is -0.308 e. The number of hydrogen-bond acceptors (Lipinski definition) is 1. The van der Waals surface area contributed by atoms with Crippen LogP contribution in [0.3, 0.4) is 0 Å². The summed E-state index contributed by atoms with van der Waals surface area (Å²) in [5.41, 5.74) is 2.65. The van der Waals surface area contributed by atoms with Gasteiger partial charge < -0.3 is 4.40 Å². The van der Waals surface area contributed by atoms with Crippen molar-refractivity contribution in [3.8, 4) is 0 Å². The fourth-order valence-electron chi connectivity index (χ4n) is 1.54. The average molecular weight is 174 g/mol. The smallest absolute Gasteiger partial charge is 0.0990 e. The maximum atomic E-state index is 4.07. The summed E-state index contributed by atoms with van der Waals surface area (Å²) >= 11 is 0. The van der Waals surface area contributed by atoms with Gasteiger partial charge in [0.05, 0.1) is 6.33 Å². The van der Waals surface area contributed by atoms with Crippen LogP contribution in [-0.2, 0) is 6.42 Å². The molecule has 13 heavy (non-hydrogen) atoms. The van der Waals surface area contributed by atoms with Crippen LogP contribution in [-0.4, -0.2) is 9.38 Å². The molecule has 0 atom stereocenters. The van der Waals surface area contributed by atoms with Crippen LogP contribution in [0.4, 0.5) is 0 Å². The number of nitrogens with zero attached hydrogens (tertiary/aromatic N) is 2. The van der Waals surface area contributed by atoms with Crippen LogP contribution < -0.4 is 0 Å². The third kappa shape index (κ3) is 1.72. The number of aryl methyl sites for hydroxylation is 1. The Morgan fingerprint density at radius 3 is 3.15 bits per heavy atom. The minimum atomic E-state index is 1.18. The van der Waals surface area contributed by atoms with Gasteiger partial charge in [-0.2, -0.15) is 0 Å². The Morgan fingerprint density at radius 2 is 2.38 bits per heavy atom. The van der Waals surface area contributed by atoms with Gasteiger partial charge in [-0.3, -0.25) is 0 Å². The van der Waals surface area contributed by atoms with Crippen LogP contribution in [0, 0.1) is 0 Å². The SMILES string of the molecule is CCCCc1cc2ccncn2c1. The van der Waals surface area contributed by atoms with Crippen molar-refractivity contribution < 1.29 is 0 Å². The van der Waals surface area contributed by atoms with Gasteiger partial charge in [-0.05, 0) is 30.5 Å². The summed E-state index contributed by atoms with van der Waals surface area (Å²) in [4.78, 5) is 4.07. The maximum absolute atomic E-state index is 4.07. The van der Waals surface area contributed by atoms with E-state index in [1.165, 1.54) is 30.3 Å². The number of hydrogen-bond donors (Lipinski definition) is 0. The lowest BCUT2D eigenvalue weighted by Crippen LogP contribution is -1.82. The lowest BCUT2D eigenvalue weighted by molar-refractivity contribution is 0.795. The molecule has 2 heteroatoms. The van der Waals surface area contributed by atoms with Gasteiger partial charge in [-0.25, -0.2) is 4.98 Å². The van der Waals surface area contributed by atoms with E-state index in [1.807, 2.05) is 18.6 Å². The van der Waals surface area contributed by atoms with Crippen LogP contribution in [0.25, 0.3) is 5.52 Å². The zero-order chi connectivity index (χ0) is 9.10. The van der Waals surface area contributed by atoms with Crippen LogP contribution in [0.15, 0.2) is 30.9 Å². The molecule has 0 saturated heterocycles. The molecule has 0 radical (unpaired) electrons. The Morgan fingerprint density at radius 1 is 1.46 bits per heavy atom. The van der Waals surface area contributed by atoms with Gasteiger partial charge in [0.15, 0.2) is 0 Å². The molecule has 0 aromatic carbocycles. The minimum absolute atomic E-state index is 1.18. The van der Waals surface area contributed by atoms with Gasteiger partial charge in [-0.1, -0.05) is 13.3 Å². The van der Waals surface area contributed by atoms with E-state index in [0.717, 1.165) is 0 Å². The first-order chi connectivity index (χ1) is 6.40. The zero-order valence-corrected chi connectivity index (χ0v) is 7.90. The second-order valence-electron chi connectivity index (χ2n) is 3.36. The molecule has 0 unspecified atom stereocenters. The third-order valence-corrected chi connectivity index (χ3v) is 2.28. The maximum Gasteiger partial charge on any atom is 0.0990 e. The molecule has 2 aromatic rings. The molecule has 2 nitrogen and oxygen atoms in total. The van der Waals surface area contributed by atoms with E-state index < -0.39 is 0 Å². The van der Waals surface area contributed by atoms with Gasteiger partial charge in [0.1, 0.15) is 0 Å². The van der Waals surface area contributed by atoms with E-state index in [9.17, 15) is 0 Å². The lowest BCUT2D eigenvalue weighted by atomic mass is 10.1. The molecule has 2 rings (SSSR count). The van der Waals surface area contributed by atoms with Gasteiger partial charge >= 0.3 is 0 Å². The van der Waals surface area contributed by atoms with Crippen molar-refractivity contribution in [2.24, 2.45) is 0 Å². The standard InChI is InChI=1S/C11H14N2/c1-2-3-4-10-7-11-5-6-12-9-13(11)8-10/h5-9H,2-4H2,1H3. The predicted octanol–water partition coefficient (Wildman–Crippen LogP) is 2.68. The fraction of sp³-hybridized carbons (Fsp3) is 0.364. The van der Waals surface area contributed by atoms with Gasteiger partial charge in [-0.15, -0.1) is 0 Å². The van der Waals surface area contributed by atoms with Crippen LogP contribution in [0.2, 0.25) is 0 Å². The lowest BCUT2D eigenvalue weighted by Gasteiger charge is -1.91. The molecule has 0 aliphatic carbocycles. The Bertz CT molecular complexity index is 357. The highest BCUT2D eigenvalue weighted by Gasteiger charge is 1.97. The van der Waals surface area contributed by atoms with Crippen molar-refractivity contribution in [1.29, 1.82) is 0 Å². The quantitative estimate of drug-likeness (QED) is 0.699. The molecule has 0 spiro atoms. The van der Waals surface area contributed by atoms with Gasteiger partial charge in [0.25, 0.3) is 0 Å². The van der Waals surface area contributed by atoms with E-state index in [1.54, 1.807) is 0 Å². The predicted molar refractivity (Wildman–Crippen MR) is 53.8 cm³/mol. The Hall–Kier alpha value is -1.31. The number of rotatable bonds is 3. The van der Waals surface area contributed by atoms with E-state index in [4.69, 9.17) is 0 Å². The highest BCUT2D eigenvalue weighted by atomic mass is 14.9. The molecular weight excluding hydrogens is 160 g/mol. The second kappa shape index (κ2) is 3.60. The van der Waals surface area contributed by atoms with Crippen LogP contribution >= 0.6 is 0 Å². The molecule has 2 heterocycles. The summed E-state index contributed by atoms with van der Waals surface area (Å²) in [6.07, 6.45) is 9.55. The van der Waals surface area contributed by atoms with Crippen molar-refractivity contribution >= 4 is 5.52 Å². The summed E-state index contributed by atoms with van der Waals surface area (Å²) in [6.45, 7) is 2.22. The zero-order valence-electron chi connectivity index (χ0n) is 7.90. The van der Waals surface area contributed by atoms with Gasteiger partial charge in [0.2, 0.25) is 0 Å². The largest absolute Gasteiger partial charge is 0.308 e. The first kappa shape index (κ1) is 8.30. The summed E-state index contributed by atoms with van der Waals surface area (Å²) in [5, 5.41) is 0. The van der Waals surface area contributed by atoms with E-state index in [0.29, 0.717) is 0 Å². The average Bonchev–Trinajstić information content (AvgIpc) is 2.57. The summed E-state index contributed by atoms with van der Waals surface area (Å²) in [6, 6.07) is 4.27. The Balaban J connectivity index is 2.28. The fourth-order valence-corrected chi connectivity index (χ4v) is 1.54. The van der Waals surface area contributed by atoms with Crippen molar-refractivity contribution in [2.45, 2.75) is 26.2 Å². The molecule has 2 aromatic heterocycles. The molecule has 0 aliphatic rings. The first-order valence-electron chi connectivity index (χ1n) is 4.81. The monoisotopic (exact) mass is 174 g/mol. The van der Waals surface area contributed by atoms with Crippen molar-refractivity contribution in [3.63, 3.8) is 0 Å². The first-order valence-corrected chi connectivity index (χ1v) is 4.81. The summed E-state index contributed by atoms with van der Waals surface area (Å²) in [7, 11) is 0. The molecular formula is C11H14N2. The van der Waals surface area contributed by atoms with E-state index in [2.05, 4.69) is 28.6 Å². The molecule has 68 valence electrons. The number of aromatic nitrogens is 2. The van der Waals surface area contributed by atoms with Crippen LogP contribution in [0.5, 0.6) is 0 Å². The third-order valence-electron chi connectivity index (χ3n) is 2.28. The molecule has 0 amide bonds. The molecule has 0 saturated carbocycles. The normalized spacial score (nSPS) is 10.8. The van der Waals surface area contributed by atoms with E-state index >= 15 is 0 Å². The highest BCUT2D eigenvalue weighted by Crippen LogP contribution is 2.10. The summed E-state index contributed by atoms with van der Waals surface area (Å²) in [5.74, 6) is 0. The van der Waals surface area contributed by atoms with Crippen molar-refractivity contribution in [1.82, 2.24) is 9.38 Å². The Labute approximate surface area is 78.2 Å². The highest BCUT2D eigenvalue weighted by molar-refractivity contribution is 5.49. The van der Waals surface area contributed by atoms with E-state index in [-0.39, 0.29) is 0 Å². The number of unbranched alkanes of at least 4 members (excludes halogenated alkanes) is 1. The van der Waals surface area contributed by atoms with Crippen molar-refractivity contribution in [3.05, 3.63) is 36.4 Å². The molecule has 0 aliphatic heterocycles. The van der Waals surface area contributed by atoms with Crippen LogP contribution in [0.1, 0.15) is 25.3 Å². The molecule has 0 fully saturated rings. The topological polar surface area (TPSA) is 17.3 Å². The van der Waals surface area contributed by atoms with Crippen molar-refractivity contribution in [2.75, 3.05) is 0 Å². The second-order valence-corrected chi connectivity index (χ2v) is 3.36. The number of fused-ring (bicyclic) bond motifs is 1. The summed E-state index contributed by atoms with van der Waals surface area (Å²) < 4.78 is 2.07.